The Labute approximate surface area is 63.5 Å². The van der Waals surface area contributed by atoms with Crippen LogP contribution in [0.3, 0.4) is 0 Å². The molecule has 0 fully saturated rings. The van der Waals surface area contributed by atoms with E-state index in [2.05, 4.69) is 0 Å². The molecule has 0 saturated heterocycles. The topological polar surface area (TPSA) is 0 Å². The summed E-state index contributed by atoms with van der Waals surface area (Å²) in [4.78, 5) is 0. The Balaban J connectivity index is 4.43. The van der Waals surface area contributed by atoms with Gasteiger partial charge in [-0.05, 0) is 0 Å². The first-order chi connectivity index (χ1) is 2.45. The van der Waals surface area contributed by atoms with Crippen LogP contribution in [-0.2, 0) is 6.81 Å². The van der Waals surface area contributed by atoms with Crippen LogP contribution in [0.1, 0.15) is 0 Å². The van der Waals surface area contributed by atoms with Crippen molar-refractivity contribution in [2.24, 2.45) is 0 Å². The quantitative estimate of drug-likeness (QED) is 0.569. The van der Waals surface area contributed by atoms with Crippen molar-refractivity contribution in [3.63, 3.8) is 0 Å². The molecule has 0 aliphatic heterocycles. The molecule has 0 aliphatic rings. The zero-order valence-electron chi connectivity index (χ0n) is 2.60. The standard InChI is InChI=1S/6ClH.Ir/h6*1H;/q;;;;;;+1/p-6. The van der Waals surface area contributed by atoms with Crippen molar-refractivity contribution in [3.05, 3.63) is 0 Å². The molecule has 0 amide bonds. The average molecular weight is 405 g/mol. The third-order valence-corrected chi connectivity index (χ3v) is 0. The zero-order valence-corrected chi connectivity index (χ0v) is 9.53. The zero-order chi connectivity index (χ0) is 6.41. The molecule has 7 heteroatoms. The van der Waals surface area contributed by atoms with E-state index < -0.39 is 6.81 Å². The Bertz CT molecular complexity index is 62.7. The van der Waals surface area contributed by atoms with Crippen molar-refractivity contribution in [1.82, 2.24) is 0 Å². The van der Waals surface area contributed by atoms with E-state index in [1.165, 1.54) is 0 Å². The second kappa shape index (κ2) is 1.51. The van der Waals surface area contributed by atoms with Crippen LogP contribution >= 0.6 is 57.5 Å². The van der Waals surface area contributed by atoms with Crippen LogP contribution in [0.25, 0.3) is 0 Å². The van der Waals surface area contributed by atoms with Gasteiger partial charge in [0.25, 0.3) is 0 Å². The molecule has 0 aliphatic carbocycles. The van der Waals surface area contributed by atoms with Crippen molar-refractivity contribution in [2.45, 2.75) is 0 Å². The molecular weight excluding hydrogens is 405 g/mol. The summed E-state index contributed by atoms with van der Waals surface area (Å²) >= 11 is 0. The molecule has 0 rings (SSSR count). The normalized spacial score (nSPS) is 23.1. The first kappa shape index (κ1) is 9.39. The summed E-state index contributed by atoms with van der Waals surface area (Å²) in [6.07, 6.45) is 0. The van der Waals surface area contributed by atoms with Crippen molar-refractivity contribution >= 4 is 57.5 Å². The van der Waals surface area contributed by atoms with E-state index in [0.717, 1.165) is 0 Å². The van der Waals surface area contributed by atoms with Crippen LogP contribution in [-0.4, -0.2) is 0 Å². The third-order valence-electron chi connectivity index (χ3n) is 0. The van der Waals surface area contributed by atoms with Crippen LogP contribution in [0.5, 0.6) is 0 Å². The fourth-order valence-corrected chi connectivity index (χ4v) is 0. The fraction of sp³-hybridized carbons (Fsp3) is 0. The molecular formula is Cl6Ir-5. The molecule has 0 bridgehead atoms. The van der Waals surface area contributed by atoms with Gasteiger partial charge in [0.2, 0.25) is 0 Å². The van der Waals surface area contributed by atoms with E-state index in [0.29, 0.717) is 0 Å². The van der Waals surface area contributed by atoms with Crippen molar-refractivity contribution in [2.75, 3.05) is 0 Å². The summed E-state index contributed by atoms with van der Waals surface area (Å²) in [5.74, 6) is 0. The Morgan fingerprint density at radius 1 is 0.571 bits per heavy atom. The van der Waals surface area contributed by atoms with Crippen molar-refractivity contribution in [1.29, 1.82) is 0 Å². The monoisotopic (exact) mass is 403 g/mol. The number of hydrogen-bond donors (Lipinski definition) is 0. The molecule has 0 unspecified atom stereocenters. The fourth-order valence-electron chi connectivity index (χ4n) is 0. The molecule has 0 nitrogen and oxygen atoms in total. The predicted molar refractivity (Wildman–Crippen MR) is 35.1 cm³/mol. The SMILES string of the molecule is [Cl][Ir-5]([Cl])([Cl])([Cl])([Cl])[Cl]. The van der Waals surface area contributed by atoms with Gasteiger partial charge < -0.3 is 0 Å². The minimum atomic E-state index is -5.33. The molecule has 0 N–H and O–H groups in total. The molecule has 0 radical (unpaired) electrons. The van der Waals surface area contributed by atoms with E-state index in [4.69, 9.17) is 57.5 Å². The van der Waals surface area contributed by atoms with Crippen LogP contribution < -0.4 is 0 Å². The van der Waals surface area contributed by atoms with Crippen LogP contribution in [0.2, 0.25) is 0 Å². The molecule has 0 spiro atoms. The Morgan fingerprint density at radius 2 is 0.571 bits per heavy atom. The van der Waals surface area contributed by atoms with Crippen molar-refractivity contribution < 1.29 is 6.81 Å². The molecule has 56 valence electrons. The molecule has 0 atom stereocenters. The maximum atomic E-state index is 5.06. The van der Waals surface area contributed by atoms with Gasteiger partial charge in [-0.15, -0.1) is 0 Å². The molecule has 0 aromatic heterocycles. The van der Waals surface area contributed by atoms with E-state index in [9.17, 15) is 0 Å². The summed E-state index contributed by atoms with van der Waals surface area (Å²) in [5, 5.41) is 0. The molecule has 0 heterocycles. The van der Waals surface area contributed by atoms with Gasteiger partial charge in [0.05, 0.1) is 0 Å². The van der Waals surface area contributed by atoms with Gasteiger partial charge in [-0.1, -0.05) is 0 Å². The summed E-state index contributed by atoms with van der Waals surface area (Å²) in [6, 6.07) is 0. The van der Waals surface area contributed by atoms with E-state index in [-0.39, 0.29) is 0 Å². The molecule has 7 heavy (non-hydrogen) atoms. The predicted octanol–water partition coefficient (Wildman–Crippen LogP) is 4.13. The first-order valence-electron chi connectivity index (χ1n) is 0.756. The van der Waals surface area contributed by atoms with E-state index in [1.807, 2.05) is 0 Å². The number of hydrogen-bond acceptors (Lipinski definition) is 0. The van der Waals surface area contributed by atoms with Gasteiger partial charge in [0.1, 0.15) is 0 Å². The third kappa shape index (κ3) is 60.0. The van der Waals surface area contributed by atoms with Gasteiger partial charge in [-0.2, -0.15) is 0 Å². The van der Waals surface area contributed by atoms with Crippen LogP contribution in [0.15, 0.2) is 0 Å². The average Bonchev–Trinajstić information content (AvgIpc) is 0.592. The van der Waals surface area contributed by atoms with Gasteiger partial charge in [-0.25, -0.2) is 0 Å². The second-order valence-corrected chi connectivity index (χ2v) is 52.6. The maximum absolute atomic E-state index is 5.33. The molecule has 0 saturated carbocycles. The summed E-state index contributed by atoms with van der Waals surface area (Å²) < 4.78 is 0. The minimum absolute atomic E-state index is 5.06. The Kier molecular flexibility index (Phi) is 2.03. The summed E-state index contributed by atoms with van der Waals surface area (Å²) in [7, 11) is 30.3. The second-order valence-electron chi connectivity index (χ2n) is 0.714. The van der Waals surface area contributed by atoms with Crippen molar-refractivity contribution in [3.8, 4) is 0 Å². The molecule has 0 aromatic rings. The van der Waals surface area contributed by atoms with Gasteiger partial charge in [0.15, 0.2) is 0 Å². The van der Waals surface area contributed by atoms with Crippen LogP contribution in [0, 0.1) is 0 Å². The van der Waals surface area contributed by atoms with Gasteiger partial charge in [-0.3, -0.25) is 0 Å². The summed E-state index contributed by atoms with van der Waals surface area (Å²) in [6.45, 7) is -5.33. The van der Waals surface area contributed by atoms with E-state index in [1.54, 1.807) is 0 Å². The number of rotatable bonds is 0. The first-order valence-corrected chi connectivity index (χ1v) is 18.6. The summed E-state index contributed by atoms with van der Waals surface area (Å²) in [5.41, 5.74) is 0. The molecule has 0 aromatic carbocycles. The van der Waals surface area contributed by atoms with E-state index >= 15 is 0 Å². The number of halogens is 6. The Hall–Kier alpha value is 2.39. The van der Waals surface area contributed by atoms with Gasteiger partial charge >= 0.3 is 64.3 Å². The van der Waals surface area contributed by atoms with Gasteiger partial charge in [0, 0.05) is 0 Å². The van der Waals surface area contributed by atoms with Crippen LogP contribution in [0.4, 0.5) is 0 Å². The Morgan fingerprint density at radius 3 is 0.571 bits per heavy atom.